The second kappa shape index (κ2) is 8.15. The van der Waals surface area contributed by atoms with Crippen LogP contribution >= 0.6 is 0 Å². The summed E-state index contributed by atoms with van der Waals surface area (Å²) in [5.74, 6) is 1.74. The van der Waals surface area contributed by atoms with Crippen molar-refractivity contribution >= 4 is 0 Å². The number of hydrogen-bond acceptors (Lipinski definition) is 1. The molecule has 1 saturated heterocycles. The Kier molecular flexibility index (Phi) is 8.13. The summed E-state index contributed by atoms with van der Waals surface area (Å²) in [6.07, 6.45) is 4.04. The van der Waals surface area contributed by atoms with Crippen molar-refractivity contribution in [3.05, 3.63) is 0 Å². The van der Waals surface area contributed by atoms with Gasteiger partial charge in [0.05, 0.1) is 0 Å². The third-order valence-corrected chi connectivity index (χ3v) is 3.47. The quantitative estimate of drug-likeness (QED) is 0.680. The lowest BCUT2D eigenvalue weighted by molar-refractivity contribution is 0.190. The fourth-order valence-corrected chi connectivity index (χ4v) is 2.50. The molecular formula is C14H31N. The highest BCUT2D eigenvalue weighted by atomic mass is 15.2. The van der Waals surface area contributed by atoms with Crippen molar-refractivity contribution in [2.75, 3.05) is 13.1 Å². The highest BCUT2D eigenvalue weighted by Crippen LogP contribution is 2.28. The Hall–Kier alpha value is -0.0400. The van der Waals surface area contributed by atoms with E-state index in [1.165, 1.54) is 32.4 Å². The van der Waals surface area contributed by atoms with Crippen LogP contribution in [0.15, 0.2) is 0 Å². The molecule has 0 spiro atoms. The molecule has 92 valence electrons. The Labute approximate surface area is 97.2 Å². The van der Waals surface area contributed by atoms with Gasteiger partial charge in [-0.2, -0.15) is 0 Å². The van der Waals surface area contributed by atoms with Gasteiger partial charge in [0.1, 0.15) is 0 Å². The molecule has 2 unspecified atom stereocenters. The summed E-state index contributed by atoms with van der Waals surface area (Å²) in [6, 6.07) is 0.847. The van der Waals surface area contributed by atoms with Gasteiger partial charge in [0.15, 0.2) is 0 Å². The van der Waals surface area contributed by atoms with Gasteiger partial charge in [0, 0.05) is 6.04 Å². The third kappa shape index (κ3) is 5.01. The molecule has 1 fully saturated rings. The summed E-state index contributed by atoms with van der Waals surface area (Å²) in [5.41, 5.74) is 0. The summed E-state index contributed by atoms with van der Waals surface area (Å²) in [7, 11) is 0. The lowest BCUT2D eigenvalue weighted by Gasteiger charge is -2.28. The zero-order chi connectivity index (χ0) is 11.8. The third-order valence-electron chi connectivity index (χ3n) is 3.47. The maximum atomic E-state index is 2.62. The molecule has 1 heteroatoms. The van der Waals surface area contributed by atoms with Crippen LogP contribution in [0, 0.1) is 11.8 Å². The van der Waals surface area contributed by atoms with E-state index >= 15 is 0 Å². The van der Waals surface area contributed by atoms with Crippen molar-refractivity contribution in [1.29, 1.82) is 0 Å². The van der Waals surface area contributed by atoms with Crippen molar-refractivity contribution in [2.45, 2.75) is 66.8 Å². The van der Waals surface area contributed by atoms with Crippen LogP contribution in [-0.2, 0) is 0 Å². The molecule has 0 aliphatic carbocycles. The van der Waals surface area contributed by atoms with Gasteiger partial charge in [-0.3, -0.25) is 0 Å². The van der Waals surface area contributed by atoms with E-state index < -0.39 is 0 Å². The Morgan fingerprint density at radius 1 is 1.13 bits per heavy atom. The van der Waals surface area contributed by atoms with Crippen molar-refractivity contribution < 1.29 is 0 Å². The predicted molar refractivity (Wildman–Crippen MR) is 70.2 cm³/mol. The summed E-state index contributed by atoms with van der Waals surface area (Å²) in [5, 5.41) is 0. The number of hydrogen-bond donors (Lipinski definition) is 0. The smallest absolute Gasteiger partial charge is 0.0144 e. The minimum absolute atomic E-state index is 0.826. The number of rotatable bonds is 3. The highest BCUT2D eigenvalue weighted by molar-refractivity contribution is 4.85. The van der Waals surface area contributed by atoms with E-state index in [9.17, 15) is 0 Å². The second-order valence-electron chi connectivity index (χ2n) is 5.13. The topological polar surface area (TPSA) is 3.24 Å². The number of likely N-dealkylation sites (tertiary alicyclic amines) is 1. The predicted octanol–water partition coefficient (Wildman–Crippen LogP) is 4.18. The molecule has 0 saturated carbocycles. The zero-order valence-electron chi connectivity index (χ0n) is 11.7. The molecule has 0 N–H and O–H groups in total. The van der Waals surface area contributed by atoms with Crippen molar-refractivity contribution in [3.8, 4) is 0 Å². The summed E-state index contributed by atoms with van der Waals surface area (Å²) >= 11 is 0. The SMILES string of the molecule is CCCC.CCN1CCC(C)C1C(C)C. The lowest BCUT2D eigenvalue weighted by Crippen LogP contribution is -2.36. The highest BCUT2D eigenvalue weighted by Gasteiger charge is 2.31. The van der Waals surface area contributed by atoms with Gasteiger partial charge in [-0.1, -0.05) is 54.4 Å². The number of unbranched alkanes of at least 4 members (excludes halogenated alkanes) is 1. The molecule has 1 rings (SSSR count). The van der Waals surface area contributed by atoms with Crippen molar-refractivity contribution in [3.63, 3.8) is 0 Å². The van der Waals surface area contributed by atoms with Gasteiger partial charge in [-0.25, -0.2) is 0 Å². The average Bonchev–Trinajstić information content (AvgIpc) is 2.60. The molecule has 1 heterocycles. The van der Waals surface area contributed by atoms with Gasteiger partial charge in [-0.05, 0) is 31.3 Å². The van der Waals surface area contributed by atoms with Gasteiger partial charge in [-0.15, -0.1) is 0 Å². The molecule has 0 bridgehead atoms. The van der Waals surface area contributed by atoms with Crippen molar-refractivity contribution in [2.24, 2.45) is 11.8 Å². The summed E-state index contributed by atoms with van der Waals surface area (Å²) in [6.45, 7) is 16.3. The fraction of sp³-hybridized carbons (Fsp3) is 1.00. The maximum Gasteiger partial charge on any atom is 0.0144 e. The van der Waals surface area contributed by atoms with Crippen LogP contribution in [0.1, 0.15) is 60.8 Å². The standard InChI is InChI=1S/C10H21N.C4H10/c1-5-11-7-6-9(4)10(11)8(2)3;1-3-4-2/h8-10H,5-7H2,1-4H3;3-4H2,1-2H3. The van der Waals surface area contributed by atoms with Gasteiger partial charge >= 0.3 is 0 Å². The van der Waals surface area contributed by atoms with Gasteiger partial charge in [0.25, 0.3) is 0 Å². The minimum atomic E-state index is 0.826. The van der Waals surface area contributed by atoms with E-state index in [0.717, 1.165) is 17.9 Å². The lowest BCUT2D eigenvalue weighted by atomic mass is 9.93. The average molecular weight is 213 g/mol. The van der Waals surface area contributed by atoms with Gasteiger partial charge in [0.2, 0.25) is 0 Å². The molecule has 1 nitrogen and oxygen atoms in total. The molecule has 0 aromatic rings. The van der Waals surface area contributed by atoms with Crippen LogP contribution in [0.2, 0.25) is 0 Å². The van der Waals surface area contributed by atoms with Crippen LogP contribution in [-0.4, -0.2) is 24.0 Å². The molecule has 0 aromatic heterocycles. The fourth-order valence-electron chi connectivity index (χ4n) is 2.50. The normalized spacial score (nSPS) is 26.6. The molecule has 0 aromatic carbocycles. The summed E-state index contributed by atoms with van der Waals surface area (Å²) < 4.78 is 0. The monoisotopic (exact) mass is 213 g/mol. The molecular weight excluding hydrogens is 182 g/mol. The zero-order valence-corrected chi connectivity index (χ0v) is 11.7. The maximum absolute atomic E-state index is 2.62. The second-order valence-corrected chi connectivity index (χ2v) is 5.13. The molecule has 1 aliphatic rings. The van der Waals surface area contributed by atoms with E-state index in [-0.39, 0.29) is 0 Å². The molecule has 0 radical (unpaired) electrons. The van der Waals surface area contributed by atoms with E-state index in [0.29, 0.717) is 0 Å². The van der Waals surface area contributed by atoms with E-state index in [4.69, 9.17) is 0 Å². The first kappa shape index (κ1) is 15.0. The Morgan fingerprint density at radius 3 is 1.93 bits per heavy atom. The van der Waals surface area contributed by atoms with Crippen LogP contribution < -0.4 is 0 Å². The first-order valence-electron chi connectivity index (χ1n) is 6.82. The van der Waals surface area contributed by atoms with Crippen molar-refractivity contribution in [1.82, 2.24) is 4.90 Å². The number of nitrogens with zero attached hydrogens (tertiary/aromatic N) is 1. The first-order chi connectivity index (χ1) is 7.08. The Morgan fingerprint density at radius 2 is 1.67 bits per heavy atom. The van der Waals surface area contributed by atoms with Crippen LogP contribution in [0.3, 0.4) is 0 Å². The molecule has 1 aliphatic heterocycles. The Balaban J connectivity index is 0.000000423. The molecule has 0 amide bonds. The van der Waals surface area contributed by atoms with Crippen LogP contribution in [0.5, 0.6) is 0 Å². The van der Waals surface area contributed by atoms with E-state index in [1.54, 1.807) is 0 Å². The van der Waals surface area contributed by atoms with Crippen LogP contribution in [0.4, 0.5) is 0 Å². The summed E-state index contributed by atoms with van der Waals surface area (Å²) in [4.78, 5) is 2.62. The van der Waals surface area contributed by atoms with Crippen LogP contribution in [0.25, 0.3) is 0 Å². The molecule has 2 atom stereocenters. The minimum Gasteiger partial charge on any atom is -0.300 e. The largest absolute Gasteiger partial charge is 0.300 e. The first-order valence-corrected chi connectivity index (χ1v) is 6.82. The molecule has 15 heavy (non-hydrogen) atoms. The Bertz CT molecular complexity index is 140. The van der Waals surface area contributed by atoms with E-state index in [1.807, 2.05) is 0 Å². The van der Waals surface area contributed by atoms with E-state index in [2.05, 4.69) is 46.4 Å². The van der Waals surface area contributed by atoms with Gasteiger partial charge < -0.3 is 4.90 Å².